The van der Waals surface area contributed by atoms with E-state index in [1.807, 2.05) is 17.5 Å². The first kappa shape index (κ1) is 18.7. The molecule has 4 bridgehead atoms. The number of amides is 1. The van der Waals surface area contributed by atoms with Gasteiger partial charge < -0.3 is 10.1 Å². The zero-order valence-corrected chi connectivity index (χ0v) is 17.2. The summed E-state index contributed by atoms with van der Waals surface area (Å²) in [5.74, 6) is 1.96. The van der Waals surface area contributed by atoms with Gasteiger partial charge in [0.05, 0.1) is 4.88 Å². The van der Waals surface area contributed by atoms with Crippen LogP contribution in [0.2, 0.25) is 0 Å². The number of ether oxygens (including phenoxy) is 1. The minimum absolute atomic E-state index is 0.0877. The Kier molecular flexibility index (Phi) is 4.64. The Labute approximate surface area is 173 Å². The topological polar surface area (TPSA) is 99.0 Å². The molecule has 0 saturated heterocycles. The van der Waals surface area contributed by atoms with Crippen molar-refractivity contribution in [1.29, 1.82) is 0 Å². The molecule has 1 atom stereocenters. The first-order valence-corrected chi connectivity index (χ1v) is 11.2. The maximum absolute atomic E-state index is 12.7. The van der Waals surface area contributed by atoms with E-state index in [0.29, 0.717) is 5.82 Å². The summed E-state index contributed by atoms with van der Waals surface area (Å²) >= 11 is 1.50. The lowest BCUT2D eigenvalue weighted by Crippen LogP contribution is -2.61. The van der Waals surface area contributed by atoms with Crippen LogP contribution in [0.5, 0.6) is 0 Å². The third kappa shape index (κ3) is 3.80. The van der Waals surface area contributed by atoms with Crippen molar-refractivity contribution in [3.05, 3.63) is 17.5 Å². The Morgan fingerprint density at radius 1 is 1.28 bits per heavy atom. The lowest BCUT2D eigenvalue weighted by atomic mass is 9.53. The third-order valence-corrected chi connectivity index (χ3v) is 7.43. The molecule has 4 saturated carbocycles. The van der Waals surface area contributed by atoms with Crippen molar-refractivity contribution in [1.82, 2.24) is 25.5 Å². The number of hydrogen-bond acceptors (Lipinski definition) is 7. The maximum atomic E-state index is 12.7. The third-order valence-electron chi connectivity index (χ3n) is 6.57. The summed E-state index contributed by atoms with van der Waals surface area (Å²) in [6, 6.07) is 3.79. The lowest BCUT2D eigenvalue weighted by molar-refractivity contribution is -0.157. The zero-order chi connectivity index (χ0) is 20.0. The fraction of sp³-hybridized carbons (Fsp3) is 0.650. The molecule has 1 amide bonds. The number of nitrogens with one attached hydrogen (secondary N) is 1. The summed E-state index contributed by atoms with van der Waals surface area (Å²) in [5.41, 5.74) is -0.0877. The van der Waals surface area contributed by atoms with E-state index >= 15 is 0 Å². The second kappa shape index (κ2) is 7.19. The molecule has 2 aromatic heterocycles. The van der Waals surface area contributed by atoms with E-state index in [-0.39, 0.29) is 18.0 Å². The summed E-state index contributed by atoms with van der Waals surface area (Å²) in [6.45, 7) is 1.45. The number of carbonyl (C=O) groups is 2. The van der Waals surface area contributed by atoms with Gasteiger partial charge in [-0.2, -0.15) is 4.80 Å². The molecular formula is C20H25N5O3S. The number of carbonyl (C=O) groups excluding carboxylic acids is 2. The van der Waals surface area contributed by atoms with E-state index < -0.39 is 12.1 Å². The van der Waals surface area contributed by atoms with Crippen LogP contribution in [0.1, 0.15) is 45.4 Å². The number of esters is 1. The zero-order valence-electron chi connectivity index (χ0n) is 16.4. The molecule has 0 radical (unpaired) electrons. The summed E-state index contributed by atoms with van der Waals surface area (Å²) in [7, 11) is 0. The molecule has 4 aliphatic carbocycles. The Hall–Kier alpha value is -2.29. The van der Waals surface area contributed by atoms with Crippen LogP contribution in [0.3, 0.4) is 0 Å². The van der Waals surface area contributed by atoms with Crippen molar-refractivity contribution >= 4 is 23.2 Å². The monoisotopic (exact) mass is 415 g/mol. The SMILES string of the molecule is C[C@@H](OC(=O)Cn1nnc(-c2cccs2)n1)C(=O)NC12CC3CC(CC(C3)C1)C2. The molecule has 0 aliphatic heterocycles. The first-order valence-electron chi connectivity index (χ1n) is 10.3. The predicted molar refractivity (Wildman–Crippen MR) is 106 cm³/mol. The van der Waals surface area contributed by atoms with Crippen LogP contribution >= 0.6 is 11.3 Å². The van der Waals surface area contributed by atoms with Crippen molar-refractivity contribution in [3.8, 4) is 10.7 Å². The summed E-state index contributed by atoms with van der Waals surface area (Å²) in [5, 5.41) is 17.2. The highest BCUT2D eigenvalue weighted by molar-refractivity contribution is 7.13. The van der Waals surface area contributed by atoms with Crippen LogP contribution in [-0.2, 0) is 20.9 Å². The molecule has 2 aromatic rings. The molecule has 1 N–H and O–H groups in total. The highest BCUT2D eigenvalue weighted by Gasteiger charge is 2.51. The molecular weight excluding hydrogens is 390 g/mol. The number of tetrazole rings is 1. The van der Waals surface area contributed by atoms with Crippen molar-refractivity contribution in [3.63, 3.8) is 0 Å². The van der Waals surface area contributed by atoms with Crippen LogP contribution in [0.15, 0.2) is 17.5 Å². The van der Waals surface area contributed by atoms with Gasteiger partial charge >= 0.3 is 5.97 Å². The van der Waals surface area contributed by atoms with Gasteiger partial charge in [0.2, 0.25) is 5.82 Å². The van der Waals surface area contributed by atoms with E-state index in [4.69, 9.17) is 4.74 Å². The minimum atomic E-state index is -0.837. The maximum Gasteiger partial charge on any atom is 0.330 e. The molecule has 2 heterocycles. The Balaban J connectivity index is 1.16. The Morgan fingerprint density at radius 3 is 2.59 bits per heavy atom. The number of aromatic nitrogens is 4. The fourth-order valence-electron chi connectivity index (χ4n) is 5.84. The van der Waals surface area contributed by atoms with Crippen LogP contribution in [0.4, 0.5) is 0 Å². The van der Waals surface area contributed by atoms with Gasteiger partial charge in [-0.15, -0.1) is 21.5 Å². The molecule has 0 unspecified atom stereocenters. The second-order valence-electron chi connectivity index (χ2n) is 8.94. The molecule has 0 aromatic carbocycles. The normalized spacial score (nSPS) is 30.9. The summed E-state index contributed by atoms with van der Waals surface area (Å²) < 4.78 is 5.35. The van der Waals surface area contributed by atoms with Crippen molar-refractivity contribution in [2.24, 2.45) is 17.8 Å². The number of hydrogen-bond donors (Lipinski definition) is 1. The van der Waals surface area contributed by atoms with E-state index in [2.05, 4.69) is 20.7 Å². The highest BCUT2D eigenvalue weighted by Crippen LogP contribution is 2.55. The predicted octanol–water partition coefficient (Wildman–Crippen LogP) is 2.42. The standard InChI is InChI=1S/C20H25N5O3S/c1-12(19(27)21-20-8-13-5-14(9-20)7-15(6-13)10-20)28-17(26)11-25-23-18(22-24-25)16-3-2-4-29-16/h2-4,12-15H,5-11H2,1H3,(H,21,27)/t12-,13?,14?,15?,20?/m1/s1. The number of rotatable bonds is 6. The Bertz CT molecular complexity index is 874. The van der Waals surface area contributed by atoms with Gasteiger partial charge in [0.15, 0.2) is 12.6 Å². The van der Waals surface area contributed by atoms with E-state index in [1.165, 1.54) is 35.4 Å². The van der Waals surface area contributed by atoms with Gasteiger partial charge in [-0.1, -0.05) is 6.07 Å². The van der Waals surface area contributed by atoms with Crippen molar-refractivity contribution < 1.29 is 14.3 Å². The van der Waals surface area contributed by atoms with Gasteiger partial charge in [-0.05, 0) is 79.9 Å². The lowest BCUT2D eigenvalue weighted by Gasteiger charge is -2.57. The Morgan fingerprint density at radius 2 is 1.97 bits per heavy atom. The molecule has 4 aliphatic rings. The fourth-order valence-corrected chi connectivity index (χ4v) is 6.49. The molecule has 29 heavy (non-hydrogen) atoms. The summed E-state index contributed by atoms with van der Waals surface area (Å²) in [6.07, 6.45) is 6.32. The van der Waals surface area contributed by atoms with E-state index in [1.54, 1.807) is 6.92 Å². The van der Waals surface area contributed by atoms with Gasteiger partial charge in [-0.3, -0.25) is 4.79 Å². The van der Waals surface area contributed by atoms with Gasteiger partial charge in [0, 0.05) is 5.54 Å². The molecule has 6 rings (SSSR count). The molecule has 154 valence electrons. The number of thiophene rings is 1. The molecule has 4 fully saturated rings. The number of nitrogens with zero attached hydrogens (tertiary/aromatic N) is 4. The van der Waals surface area contributed by atoms with E-state index in [0.717, 1.165) is 41.9 Å². The average molecular weight is 416 g/mol. The molecule has 8 nitrogen and oxygen atoms in total. The molecule has 9 heteroatoms. The quantitative estimate of drug-likeness (QED) is 0.728. The van der Waals surface area contributed by atoms with Crippen molar-refractivity contribution in [2.45, 2.75) is 63.6 Å². The van der Waals surface area contributed by atoms with Crippen molar-refractivity contribution in [2.75, 3.05) is 0 Å². The smallest absolute Gasteiger partial charge is 0.330 e. The minimum Gasteiger partial charge on any atom is -0.451 e. The largest absolute Gasteiger partial charge is 0.451 e. The van der Waals surface area contributed by atoms with Crippen LogP contribution < -0.4 is 5.32 Å². The van der Waals surface area contributed by atoms with Gasteiger partial charge in [0.1, 0.15) is 0 Å². The van der Waals surface area contributed by atoms with Gasteiger partial charge in [-0.25, -0.2) is 4.79 Å². The van der Waals surface area contributed by atoms with E-state index in [9.17, 15) is 9.59 Å². The second-order valence-corrected chi connectivity index (χ2v) is 9.89. The highest BCUT2D eigenvalue weighted by atomic mass is 32.1. The van der Waals surface area contributed by atoms with Gasteiger partial charge in [0.25, 0.3) is 5.91 Å². The van der Waals surface area contributed by atoms with Crippen LogP contribution in [0, 0.1) is 17.8 Å². The average Bonchev–Trinajstić information content (AvgIpc) is 3.31. The first-order chi connectivity index (χ1) is 14.0. The molecule has 0 spiro atoms. The van der Waals surface area contributed by atoms with Crippen LogP contribution in [0.25, 0.3) is 10.7 Å². The summed E-state index contributed by atoms with van der Waals surface area (Å²) in [4.78, 5) is 27.1. The van der Waals surface area contributed by atoms with Crippen LogP contribution in [-0.4, -0.2) is 43.7 Å².